The molecule has 0 bridgehead atoms. The number of nitro groups is 1. The van der Waals surface area contributed by atoms with Crippen molar-refractivity contribution in [1.82, 2.24) is 0 Å². The minimum atomic E-state index is -0.480. The lowest BCUT2D eigenvalue weighted by Crippen LogP contribution is -3.13. The van der Waals surface area contributed by atoms with Crippen LogP contribution in [0.15, 0.2) is 53.2 Å². The third-order valence-electron chi connectivity index (χ3n) is 6.25. The average Bonchev–Trinajstić information content (AvgIpc) is 3.27. The van der Waals surface area contributed by atoms with Gasteiger partial charge < -0.3 is 9.80 Å². The highest BCUT2D eigenvalue weighted by molar-refractivity contribution is 6.33. The molecule has 3 aliphatic heterocycles. The van der Waals surface area contributed by atoms with Gasteiger partial charge in [-0.15, -0.1) is 0 Å². The Balaban J connectivity index is 1.49. The molecule has 5 rings (SSSR count). The van der Waals surface area contributed by atoms with Crippen LogP contribution in [0.1, 0.15) is 24.8 Å². The predicted octanol–water partition coefficient (Wildman–Crippen LogP) is 2.88. The Hall–Kier alpha value is -3.23. The molecule has 8 nitrogen and oxygen atoms in total. The van der Waals surface area contributed by atoms with Gasteiger partial charge in [0.2, 0.25) is 5.96 Å². The standard InChI is InChI=1S/C23H22ClN5O3/c24-18-9-8-17(29(31)32)14-16(18)15-21-22(30)25-23-27(13-12-26-10-4-1-5-11-26)19-6-2-3-7-20(19)28(21)23/h2-3,6-9,14-15H,1,4-5,10-13H2/p+1/b21-15+. The molecule has 9 heteroatoms. The van der Waals surface area contributed by atoms with Crippen molar-refractivity contribution in [2.75, 3.05) is 36.0 Å². The highest BCUT2D eigenvalue weighted by Gasteiger charge is 2.42. The summed E-state index contributed by atoms with van der Waals surface area (Å²) in [4.78, 5) is 33.5. The number of halogens is 1. The number of likely N-dealkylation sites (tertiary alicyclic amines) is 1. The summed E-state index contributed by atoms with van der Waals surface area (Å²) in [5.41, 5.74) is 2.54. The molecule has 2 aromatic carbocycles. The molecule has 0 aliphatic carbocycles. The lowest BCUT2D eigenvalue weighted by molar-refractivity contribution is -0.903. The Morgan fingerprint density at radius 2 is 1.88 bits per heavy atom. The second-order valence-electron chi connectivity index (χ2n) is 8.25. The summed E-state index contributed by atoms with van der Waals surface area (Å²) in [6.07, 6.45) is 5.41. The molecule has 1 amide bonds. The van der Waals surface area contributed by atoms with Crippen LogP contribution in [0, 0.1) is 10.1 Å². The van der Waals surface area contributed by atoms with Crippen molar-refractivity contribution in [2.24, 2.45) is 4.99 Å². The predicted molar refractivity (Wildman–Crippen MR) is 124 cm³/mol. The number of non-ortho nitro benzene ring substituents is 1. The van der Waals surface area contributed by atoms with Gasteiger partial charge in [0, 0.05) is 22.7 Å². The fourth-order valence-electron chi connectivity index (χ4n) is 4.63. The van der Waals surface area contributed by atoms with Crippen molar-refractivity contribution in [3.8, 4) is 0 Å². The zero-order chi connectivity index (χ0) is 22.2. The van der Waals surface area contributed by atoms with Gasteiger partial charge >= 0.3 is 0 Å². The largest absolute Gasteiger partial charge is 0.333 e. The van der Waals surface area contributed by atoms with E-state index in [1.807, 2.05) is 29.2 Å². The average molecular weight is 453 g/mol. The van der Waals surface area contributed by atoms with E-state index >= 15 is 0 Å². The van der Waals surface area contributed by atoms with Crippen LogP contribution in [0.4, 0.5) is 17.1 Å². The number of piperidine rings is 1. The van der Waals surface area contributed by atoms with Crippen LogP contribution in [0.2, 0.25) is 5.02 Å². The van der Waals surface area contributed by atoms with Gasteiger partial charge in [-0.3, -0.25) is 19.8 Å². The first-order chi connectivity index (χ1) is 15.5. The van der Waals surface area contributed by atoms with Crippen LogP contribution in [-0.4, -0.2) is 43.0 Å². The Morgan fingerprint density at radius 1 is 1.12 bits per heavy atom. The van der Waals surface area contributed by atoms with Gasteiger partial charge in [0.15, 0.2) is 0 Å². The number of carbonyl (C=O) groups excluding carboxylic acids is 1. The zero-order valence-corrected chi connectivity index (χ0v) is 18.2. The van der Waals surface area contributed by atoms with Gasteiger partial charge in [0.1, 0.15) is 5.70 Å². The number of fused-ring (bicyclic) bond motifs is 3. The fourth-order valence-corrected chi connectivity index (χ4v) is 4.80. The third kappa shape index (κ3) is 3.65. The highest BCUT2D eigenvalue weighted by atomic mass is 35.5. The first kappa shape index (κ1) is 20.7. The van der Waals surface area contributed by atoms with Crippen LogP contribution in [-0.2, 0) is 4.79 Å². The minimum absolute atomic E-state index is 0.0826. The van der Waals surface area contributed by atoms with Crippen molar-refractivity contribution in [1.29, 1.82) is 0 Å². The summed E-state index contributed by atoms with van der Waals surface area (Å²) in [6.45, 7) is 4.10. The molecule has 0 atom stereocenters. The summed E-state index contributed by atoms with van der Waals surface area (Å²) in [5, 5.41) is 11.5. The lowest BCUT2D eigenvalue weighted by atomic mass is 10.1. The smallest absolute Gasteiger partial charge is 0.297 e. The van der Waals surface area contributed by atoms with E-state index in [-0.39, 0.29) is 11.6 Å². The highest BCUT2D eigenvalue weighted by Crippen LogP contribution is 2.42. The van der Waals surface area contributed by atoms with Gasteiger partial charge in [0.25, 0.3) is 11.6 Å². The summed E-state index contributed by atoms with van der Waals surface area (Å²) in [5.74, 6) is 0.202. The van der Waals surface area contributed by atoms with Gasteiger partial charge in [-0.25, -0.2) is 0 Å². The van der Waals surface area contributed by atoms with E-state index in [9.17, 15) is 14.9 Å². The van der Waals surface area contributed by atoms with E-state index in [2.05, 4.69) is 9.89 Å². The van der Waals surface area contributed by atoms with Crippen LogP contribution < -0.4 is 14.7 Å². The van der Waals surface area contributed by atoms with Crippen molar-refractivity contribution < 1.29 is 14.6 Å². The van der Waals surface area contributed by atoms with Gasteiger partial charge in [-0.2, -0.15) is 4.99 Å². The number of amides is 1. The molecular formula is C23H23ClN5O3+. The molecule has 0 radical (unpaired) electrons. The molecule has 0 saturated carbocycles. The number of para-hydroxylation sites is 2. The van der Waals surface area contributed by atoms with Gasteiger partial charge in [-0.05, 0) is 43.5 Å². The third-order valence-corrected chi connectivity index (χ3v) is 6.59. The maximum Gasteiger partial charge on any atom is 0.297 e. The van der Waals surface area contributed by atoms with Crippen LogP contribution in [0.5, 0.6) is 0 Å². The molecule has 164 valence electrons. The maximum atomic E-state index is 12.9. The quantitative estimate of drug-likeness (QED) is 0.428. The van der Waals surface area contributed by atoms with Crippen molar-refractivity contribution in [2.45, 2.75) is 19.3 Å². The van der Waals surface area contributed by atoms with Crippen LogP contribution >= 0.6 is 11.6 Å². The Morgan fingerprint density at radius 3 is 2.62 bits per heavy atom. The number of nitrogens with zero attached hydrogens (tertiary/aromatic N) is 4. The Bertz CT molecular complexity index is 1160. The minimum Gasteiger partial charge on any atom is -0.333 e. The fraction of sp³-hybridized carbons (Fsp3) is 0.304. The van der Waals surface area contributed by atoms with E-state index in [4.69, 9.17) is 11.6 Å². The second kappa shape index (κ2) is 8.37. The molecule has 0 spiro atoms. The summed E-state index contributed by atoms with van der Waals surface area (Å²) in [6, 6.07) is 12.1. The monoisotopic (exact) mass is 452 g/mol. The number of hydrogen-bond donors (Lipinski definition) is 1. The molecule has 3 heterocycles. The topological polar surface area (TPSA) is 83.5 Å². The molecule has 32 heavy (non-hydrogen) atoms. The second-order valence-corrected chi connectivity index (χ2v) is 8.65. The van der Waals surface area contributed by atoms with E-state index in [0.717, 1.165) is 24.5 Å². The molecule has 0 unspecified atom stereocenters. The first-order valence-corrected chi connectivity index (χ1v) is 11.2. The van der Waals surface area contributed by atoms with E-state index < -0.39 is 4.92 Å². The van der Waals surface area contributed by atoms with Gasteiger partial charge in [0.05, 0.1) is 42.5 Å². The number of aliphatic imine (C=N–C) groups is 1. The molecule has 3 aliphatic rings. The van der Waals surface area contributed by atoms with Gasteiger partial charge in [-0.1, -0.05) is 23.7 Å². The molecular weight excluding hydrogens is 430 g/mol. The number of carbonyl (C=O) groups is 1. The van der Waals surface area contributed by atoms with Crippen molar-refractivity contribution in [3.63, 3.8) is 0 Å². The maximum absolute atomic E-state index is 12.9. The molecule has 1 N–H and O–H groups in total. The summed E-state index contributed by atoms with van der Waals surface area (Å²) in [7, 11) is 0. The molecule has 1 fully saturated rings. The van der Waals surface area contributed by atoms with Crippen LogP contribution in [0.3, 0.4) is 0 Å². The normalized spacial score (nSPS) is 19.3. The lowest BCUT2D eigenvalue weighted by Gasteiger charge is -2.26. The van der Waals surface area contributed by atoms with E-state index in [1.165, 1.54) is 50.6 Å². The first-order valence-electron chi connectivity index (χ1n) is 10.8. The Labute approximate surface area is 190 Å². The van der Waals surface area contributed by atoms with Crippen molar-refractivity contribution >= 4 is 46.6 Å². The number of quaternary nitrogens is 1. The summed E-state index contributed by atoms with van der Waals surface area (Å²) >= 11 is 6.29. The number of nitro benzene ring substituents is 1. The molecule has 2 aromatic rings. The van der Waals surface area contributed by atoms with E-state index in [0.29, 0.717) is 22.2 Å². The summed E-state index contributed by atoms with van der Waals surface area (Å²) < 4.78 is 0. The number of rotatable bonds is 5. The van der Waals surface area contributed by atoms with Crippen molar-refractivity contribution in [3.05, 3.63) is 68.9 Å². The number of hydrogen-bond acceptors (Lipinski definition) is 5. The Kier molecular flexibility index (Phi) is 5.40. The zero-order valence-electron chi connectivity index (χ0n) is 17.5. The van der Waals surface area contributed by atoms with E-state index in [1.54, 1.807) is 11.0 Å². The number of nitrogens with one attached hydrogen (secondary N) is 1. The number of guanidine groups is 1. The molecule has 1 saturated heterocycles. The number of anilines is 2. The SMILES string of the molecule is O=C1N=C2N(CC[NH+]3CCCCC3)c3ccccc3N2/C1=C/c1cc([N+](=O)[O-])ccc1Cl. The van der Waals surface area contributed by atoms with Crippen LogP contribution in [0.25, 0.3) is 6.08 Å². The molecule has 0 aromatic heterocycles. The number of benzene rings is 2.